The molecule has 1 aliphatic carbocycles. The van der Waals surface area contributed by atoms with Gasteiger partial charge in [0.2, 0.25) is 5.91 Å². The quantitative estimate of drug-likeness (QED) is 0.824. The third-order valence-corrected chi connectivity index (χ3v) is 4.67. The molecular weight excluding hydrogens is 286 g/mol. The number of rotatable bonds is 7. The molecule has 2 aromatic carbocycles. The van der Waals surface area contributed by atoms with E-state index in [2.05, 4.69) is 5.32 Å². The Bertz CT molecular complexity index is 635. The number of nitrogens with one attached hydrogen (secondary N) is 1. The second-order valence-electron chi connectivity index (χ2n) is 6.25. The summed E-state index contributed by atoms with van der Waals surface area (Å²) >= 11 is 0. The van der Waals surface area contributed by atoms with Crippen molar-refractivity contribution in [1.82, 2.24) is 5.32 Å². The predicted octanol–water partition coefficient (Wildman–Crippen LogP) is 3.35. The van der Waals surface area contributed by atoms with E-state index in [1.807, 2.05) is 60.7 Å². The van der Waals surface area contributed by atoms with Gasteiger partial charge in [-0.15, -0.1) is 0 Å². The molecule has 0 saturated heterocycles. The van der Waals surface area contributed by atoms with E-state index in [4.69, 9.17) is 5.11 Å². The van der Waals surface area contributed by atoms with Crippen LogP contribution in [0.15, 0.2) is 60.7 Å². The molecule has 2 aromatic rings. The summed E-state index contributed by atoms with van der Waals surface area (Å²) in [6, 6.07) is 20.0. The van der Waals surface area contributed by atoms with Crippen molar-refractivity contribution in [1.29, 1.82) is 0 Å². The number of hydrogen-bond acceptors (Lipinski definition) is 2. The van der Waals surface area contributed by atoms with Crippen LogP contribution in [-0.2, 0) is 10.2 Å². The smallest absolute Gasteiger partial charge is 0.231 e. The molecule has 1 aliphatic rings. The molecule has 0 aromatic heterocycles. The molecule has 23 heavy (non-hydrogen) atoms. The molecule has 1 fully saturated rings. The van der Waals surface area contributed by atoms with Gasteiger partial charge in [-0.1, -0.05) is 60.7 Å². The Morgan fingerprint density at radius 2 is 1.65 bits per heavy atom. The van der Waals surface area contributed by atoms with E-state index >= 15 is 0 Å². The van der Waals surface area contributed by atoms with Gasteiger partial charge in [-0.05, 0) is 36.8 Å². The monoisotopic (exact) mass is 309 g/mol. The van der Waals surface area contributed by atoms with Crippen molar-refractivity contribution in [2.45, 2.75) is 37.1 Å². The molecule has 120 valence electrons. The van der Waals surface area contributed by atoms with Gasteiger partial charge in [-0.25, -0.2) is 0 Å². The van der Waals surface area contributed by atoms with Crippen molar-refractivity contribution < 1.29 is 9.90 Å². The number of benzene rings is 2. The summed E-state index contributed by atoms with van der Waals surface area (Å²) < 4.78 is 0. The van der Waals surface area contributed by atoms with Gasteiger partial charge in [0.05, 0.1) is 11.5 Å². The second-order valence-corrected chi connectivity index (χ2v) is 6.25. The summed E-state index contributed by atoms with van der Waals surface area (Å²) in [5.41, 5.74) is 1.85. The first-order valence-electron chi connectivity index (χ1n) is 8.28. The summed E-state index contributed by atoms with van der Waals surface area (Å²) in [5, 5.41) is 12.4. The van der Waals surface area contributed by atoms with Crippen LogP contribution >= 0.6 is 0 Å². The third-order valence-electron chi connectivity index (χ3n) is 4.67. The van der Waals surface area contributed by atoms with Crippen molar-refractivity contribution in [2.24, 2.45) is 0 Å². The number of amides is 1. The Hall–Kier alpha value is -2.13. The molecule has 1 atom stereocenters. The van der Waals surface area contributed by atoms with Gasteiger partial charge in [0.15, 0.2) is 0 Å². The molecule has 1 unspecified atom stereocenters. The number of aliphatic hydroxyl groups is 1. The molecule has 0 heterocycles. The second kappa shape index (κ2) is 6.97. The molecule has 0 radical (unpaired) electrons. The summed E-state index contributed by atoms with van der Waals surface area (Å²) in [6.07, 6.45) is 3.24. The number of hydrogen-bond donors (Lipinski definition) is 2. The lowest BCUT2D eigenvalue weighted by Crippen LogP contribution is -2.37. The molecule has 1 amide bonds. The number of carbonyl (C=O) groups excluding carboxylic acids is 1. The highest BCUT2D eigenvalue weighted by molar-refractivity contribution is 5.91. The van der Waals surface area contributed by atoms with Crippen molar-refractivity contribution >= 4 is 5.91 Å². The summed E-state index contributed by atoms with van der Waals surface area (Å²) in [6.45, 7) is 0.142. The minimum absolute atomic E-state index is 0.0444. The summed E-state index contributed by atoms with van der Waals surface area (Å²) in [4.78, 5) is 12.9. The molecule has 0 spiro atoms. The fourth-order valence-corrected chi connectivity index (χ4v) is 3.13. The van der Waals surface area contributed by atoms with Gasteiger partial charge in [0.25, 0.3) is 0 Å². The van der Waals surface area contributed by atoms with Crippen molar-refractivity contribution in [3.8, 4) is 0 Å². The number of carbonyl (C=O) groups is 1. The average Bonchev–Trinajstić information content (AvgIpc) is 3.42. The zero-order valence-corrected chi connectivity index (χ0v) is 13.2. The lowest BCUT2D eigenvalue weighted by molar-refractivity contribution is -0.124. The van der Waals surface area contributed by atoms with Crippen LogP contribution in [0.2, 0.25) is 0 Å². The summed E-state index contributed by atoms with van der Waals surface area (Å²) in [7, 11) is 0. The zero-order valence-electron chi connectivity index (χ0n) is 13.2. The van der Waals surface area contributed by atoms with Crippen LogP contribution in [0, 0.1) is 0 Å². The van der Waals surface area contributed by atoms with E-state index in [0.717, 1.165) is 30.4 Å². The van der Waals surface area contributed by atoms with Crippen molar-refractivity contribution in [3.05, 3.63) is 71.8 Å². The Morgan fingerprint density at radius 3 is 2.22 bits per heavy atom. The minimum atomic E-state index is -0.354. The fourth-order valence-electron chi connectivity index (χ4n) is 3.13. The van der Waals surface area contributed by atoms with Crippen molar-refractivity contribution in [2.75, 3.05) is 6.61 Å². The van der Waals surface area contributed by atoms with Gasteiger partial charge in [-0.2, -0.15) is 0 Å². The van der Waals surface area contributed by atoms with Crippen LogP contribution < -0.4 is 5.32 Å². The normalized spacial score (nSPS) is 16.6. The van der Waals surface area contributed by atoms with Gasteiger partial charge in [0.1, 0.15) is 0 Å². The molecule has 0 bridgehead atoms. The fraction of sp³-hybridized carbons (Fsp3) is 0.350. The first-order valence-corrected chi connectivity index (χ1v) is 8.28. The van der Waals surface area contributed by atoms with E-state index in [0.29, 0.717) is 6.42 Å². The standard InChI is InChI=1S/C20H23NO2/c22-15-7-12-18(16-8-3-1-4-9-16)21-19(23)20(13-14-20)17-10-5-2-6-11-17/h1-6,8-11,18,22H,7,12-15H2,(H,21,23). The van der Waals surface area contributed by atoms with E-state index < -0.39 is 0 Å². The molecular formula is C20H23NO2. The van der Waals surface area contributed by atoms with Crippen LogP contribution in [0.1, 0.15) is 42.9 Å². The first kappa shape index (κ1) is 15.8. The van der Waals surface area contributed by atoms with E-state index in [9.17, 15) is 4.79 Å². The molecule has 3 rings (SSSR count). The van der Waals surface area contributed by atoms with Crippen LogP contribution in [0.4, 0.5) is 0 Å². The molecule has 0 aliphatic heterocycles. The predicted molar refractivity (Wildman–Crippen MR) is 91.0 cm³/mol. The van der Waals surface area contributed by atoms with Gasteiger partial charge in [-0.3, -0.25) is 4.79 Å². The SMILES string of the molecule is O=C(NC(CCCO)c1ccccc1)C1(c2ccccc2)CC1. The van der Waals surface area contributed by atoms with Crippen LogP contribution in [0.3, 0.4) is 0 Å². The van der Waals surface area contributed by atoms with Crippen LogP contribution in [0.25, 0.3) is 0 Å². The maximum atomic E-state index is 12.9. The van der Waals surface area contributed by atoms with Crippen LogP contribution in [0.5, 0.6) is 0 Å². The van der Waals surface area contributed by atoms with Gasteiger partial charge < -0.3 is 10.4 Å². The maximum Gasteiger partial charge on any atom is 0.231 e. The first-order chi connectivity index (χ1) is 11.3. The maximum absolute atomic E-state index is 12.9. The highest BCUT2D eigenvalue weighted by Gasteiger charge is 2.51. The Labute approximate surface area is 137 Å². The topological polar surface area (TPSA) is 49.3 Å². The third kappa shape index (κ3) is 3.45. The lowest BCUT2D eigenvalue weighted by Gasteiger charge is -2.23. The van der Waals surface area contributed by atoms with Crippen molar-refractivity contribution in [3.63, 3.8) is 0 Å². The minimum Gasteiger partial charge on any atom is -0.396 e. The van der Waals surface area contributed by atoms with E-state index in [-0.39, 0.29) is 24.0 Å². The van der Waals surface area contributed by atoms with E-state index in [1.54, 1.807) is 0 Å². The zero-order chi connectivity index (χ0) is 16.1. The molecule has 3 heteroatoms. The Morgan fingerprint density at radius 1 is 1.04 bits per heavy atom. The Kier molecular flexibility index (Phi) is 4.77. The van der Waals surface area contributed by atoms with Gasteiger partial charge >= 0.3 is 0 Å². The highest BCUT2D eigenvalue weighted by Crippen LogP contribution is 2.48. The molecule has 3 nitrogen and oxygen atoms in total. The highest BCUT2D eigenvalue weighted by atomic mass is 16.3. The lowest BCUT2D eigenvalue weighted by atomic mass is 9.93. The molecule has 2 N–H and O–H groups in total. The molecule has 1 saturated carbocycles. The Balaban J connectivity index is 1.76. The number of aliphatic hydroxyl groups excluding tert-OH is 1. The van der Waals surface area contributed by atoms with Crippen LogP contribution in [-0.4, -0.2) is 17.6 Å². The average molecular weight is 309 g/mol. The summed E-state index contributed by atoms with van der Waals surface area (Å²) in [5.74, 6) is 0.107. The van der Waals surface area contributed by atoms with E-state index in [1.165, 1.54) is 0 Å². The largest absolute Gasteiger partial charge is 0.396 e. The van der Waals surface area contributed by atoms with Gasteiger partial charge in [0, 0.05) is 6.61 Å².